The van der Waals surface area contributed by atoms with Crippen molar-refractivity contribution >= 4 is 23.4 Å². The quantitative estimate of drug-likeness (QED) is 0.828. The van der Waals surface area contributed by atoms with Gasteiger partial charge in [-0.15, -0.1) is 0 Å². The highest BCUT2D eigenvalue weighted by Crippen LogP contribution is 2.24. The Morgan fingerprint density at radius 3 is 2.33 bits per heavy atom. The Morgan fingerprint density at radius 1 is 0.963 bits per heavy atom. The molecule has 6 heteroatoms. The average molecular weight is 369 g/mol. The highest BCUT2D eigenvalue weighted by Gasteiger charge is 2.33. The number of nitrogens with one attached hydrogen (secondary N) is 1. The molecule has 1 unspecified atom stereocenters. The fraction of sp³-hybridized carbons (Fsp3) is 0.476. The van der Waals surface area contributed by atoms with Crippen molar-refractivity contribution < 1.29 is 14.4 Å². The van der Waals surface area contributed by atoms with Crippen LogP contribution in [0.25, 0.3) is 0 Å². The van der Waals surface area contributed by atoms with Crippen LogP contribution in [0.15, 0.2) is 43.0 Å². The molecule has 3 amide bonds. The number of carbonyl (C=O) groups excluding carboxylic acids is 3. The Hall–Kier alpha value is -2.63. The standard InChI is InChI=1S/C21H27N3O3/c1-2-19(25)24-12-6-7-17(15-24)21(27)23-13-10-16(11-14-23)20(26)22-18-8-4-3-5-9-18/h2-5,8-9,16-17H,1,6-7,10-15H2,(H,22,26). The van der Waals surface area contributed by atoms with E-state index >= 15 is 0 Å². The smallest absolute Gasteiger partial charge is 0.245 e. The van der Waals surface area contributed by atoms with E-state index in [-0.39, 0.29) is 29.6 Å². The first kappa shape index (κ1) is 19.1. The molecule has 3 rings (SSSR count). The van der Waals surface area contributed by atoms with Crippen molar-refractivity contribution in [1.82, 2.24) is 9.80 Å². The van der Waals surface area contributed by atoms with Gasteiger partial charge in [-0.1, -0.05) is 24.8 Å². The van der Waals surface area contributed by atoms with Gasteiger partial charge < -0.3 is 15.1 Å². The SMILES string of the molecule is C=CC(=O)N1CCCC(C(=O)N2CCC(C(=O)Nc3ccccc3)CC2)C1. The number of amides is 3. The molecule has 2 aliphatic rings. The lowest BCUT2D eigenvalue weighted by atomic mass is 9.92. The van der Waals surface area contributed by atoms with Crippen LogP contribution in [0.5, 0.6) is 0 Å². The second kappa shape index (κ2) is 8.84. The summed E-state index contributed by atoms with van der Waals surface area (Å²) in [5.41, 5.74) is 0.801. The molecule has 144 valence electrons. The number of para-hydroxylation sites is 1. The summed E-state index contributed by atoms with van der Waals surface area (Å²) in [6, 6.07) is 9.43. The maximum Gasteiger partial charge on any atom is 0.245 e. The first-order valence-corrected chi connectivity index (χ1v) is 9.64. The van der Waals surface area contributed by atoms with Crippen LogP contribution >= 0.6 is 0 Å². The first-order valence-electron chi connectivity index (χ1n) is 9.64. The van der Waals surface area contributed by atoms with Gasteiger partial charge >= 0.3 is 0 Å². The number of anilines is 1. The minimum absolute atomic E-state index is 0.0220. The molecule has 1 N–H and O–H groups in total. The van der Waals surface area contributed by atoms with Crippen molar-refractivity contribution in [2.45, 2.75) is 25.7 Å². The third-order valence-electron chi connectivity index (χ3n) is 5.48. The van der Waals surface area contributed by atoms with E-state index in [1.807, 2.05) is 35.2 Å². The summed E-state index contributed by atoms with van der Waals surface area (Å²) in [5.74, 6) is -0.187. The summed E-state index contributed by atoms with van der Waals surface area (Å²) in [6.45, 7) is 5.88. The molecular formula is C21H27N3O3. The predicted molar refractivity (Wildman–Crippen MR) is 104 cm³/mol. The Labute approximate surface area is 160 Å². The van der Waals surface area contributed by atoms with Crippen LogP contribution in [0.1, 0.15) is 25.7 Å². The largest absolute Gasteiger partial charge is 0.342 e. The number of hydrogen-bond donors (Lipinski definition) is 1. The van der Waals surface area contributed by atoms with E-state index in [0.29, 0.717) is 39.0 Å². The molecule has 0 saturated carbocycles. The van der Waals surface area contributed by atoms with Crippen molar-refractivity contribution in [1.29, 1.82) is 0 Å². The normalized spacial score (nSPS) is 20.8. The Kier molecular flexibility index (Phi) is 6.27. The van der Waals surface area contributed by atoms with Crippen molar-refractivity contribution in [2.75, 3.05) is 31.5 Å². The molecule has 1 aromatic rings. The van der Waals surface area contributed by atoms with E-state index in [2.05, 4.69) is 11.9 Å². The summed E-state index contributed by atoms with van der Waals surface area (Å²) in [4.78, 5) is 40.7. The van der Waals surface area contributed by atoms with Gasteiger partial charge in [0, 0.05) is 37.8 Å². The average Bonchev–Trinajstić information content (AvgIpc) is 2.73. The van der Waals surface area contributed by atoms with Gasteiger partial charge in [0.25, 0.3) is 0 Å². The highest BCUT2D eigenvalue weighted by molar-refractivity contribution is 5.92. The van der Waals surface area contributed by atoms with E-state index in [9.17, 15) is 14.4 Å². The predicted octanol–water partition coefficient (Wildman–Crippen LogP) is 2.29. The van der Waals surface area contributed by atoms with E-state index < -0.39 is 0 Å². The monoisotopic (exact) mass is 369 g/mol. The Bertz CT molecular complexity index is 696. The van der Waals surface area contributed by atoms with Gasteiger partial charge in [0.05, 0.1) is 5.92 Å². The van der Waals surface area contributed by atoms with Crippen LogP contribution in [0.2, 0.25) is 0 Å². The fourth-order valence-electron chi connectivity index (χ4n) is 3.89. The molecule has 0 aliphatic carbocycles. The lowest BCUT2D eigenvalue weighted by molar-refractivity contribution is -0.141. The molecule has 2 saturated heterocycles. The van der Waals surface area contributed by atoms with Crippen LogP contribution in [0.4, 0.5) is 5.69 Å². The van der Waals surface area contributed by atoms with E-state index in [1.54, 1.807) is 4.90 Å². The zero-order chi connectivity index (χ0) is 19.2. The molecule has 0 radical (unpaired) electrons. The third kappa shape index (κ3) is 4.76. The number of piperidine rings is 2. The van der Waals surface area contributed by atoms with Gasteiger partial charge in [-0.3, -0.25) is 14.4 Å². The highest BCUT2D eigenvalue weighted by atomic mass is 16.2. The van der Waals surface area contributed by atoms with Gasteiger partial charge in [-0.05, 0) is 43.9 Å². The number of benzene rings is 1. The number of nitrogens with zero attached hydrogens (tertiary/aromatic N) is 2. The topological polar surface area (TPSA) is 69.7 Å². The molecule has 1 aromatic carbocycles. The molecule has 6 nitrogen and oxygen atoms in total. The minimum Gasteiger partial charge on any atom is -0.342 e. The number of likely N-dealkylation sites (tertiary alicyclic amines) is 2. The molecule has 2 aliphatic heterocycles. The summed E-state index contributed by atoms with van der Waals surface area (Å²) < 4.78 is 0. The van der Waals surface area contributed by atoms with E-state index in [4.69, 9.17) is 0 Å². The molecule has 0 spiro atoms. The van der Waals surface area contributed by atoms with Crippen LogP contribution in [0.3, 0.4) is 0 Å². The maximum atomic E-state index is 12.8. The van der Waals surface area contributed by atoms with Gasteiger partial charge in [0.15, 0.2) is 0 Å². The van der Waals surface area contributed by atoms with Crippen LogP contribution in [0, 0.1) is 11.8 Å². The van der Waals surface area contributed by atoms with Crippen molar-refractivity contribution in [3.05, 3.63) is 43.0 Å². The molecule has 0 aromatic heterocycles. The number of rotatable bonds is 4. The number of hydrogen-bond acceptors (Lipinski definition) is 3. The van der Waals surface area contributed by atoms with Crippen molar-refractivity contribution in [3.63, 3.8) is 0 Å². The van der Waals surface area contributed by atoms with E-state index in [1.165, 1.54) is 6.08 Å². The van der Waals surface area contributed by atoms with Gasteiger partial charge in [-0.25, -0.2) is 0 Å². The van der Waals surface area contributed by atoms with E-state index in [0.717, 1.165) is 18.5 Å². The maximum absolute atomic E-state index is 12.8. The first-order chi connectivity index (χ1) is 13.1. The molecule has 0 bridgehead atoms. The zero-order valence-corrected chi connectivity index (χ0v) is 15.6. The van der Waals surface area contributed by atoms with Crippen molar-refractivity contribution in [2.24, 2.45) is 11.8 Å². The summed E-state index contributed by atoms with van der Waals surface area (Å²) in [7, 11) is 0. The fourth-order valence-corrected chi connectivity index (χ4v) is 3.89. The lowest BCUT2D eigenvalue weighted by Gasteiger charge is -2.37. The summed E-state index contributed by atoms with van der Waals surface area (Å²) >= 11 is 0. The van der Waals surface area contributed by atoms with Gasteiger partial charge in [0.2, 0.25) is 17.7 Å². The summed E-state index contributed by atoms with van der Waals surface area (Å²) in [6.07, 6.45) is 4.31. The van der Waals surface area contributed by atoms with Crippen LogP contribution in [-0.2, 0) is 14.4 Å². The molecule has 1 atom stereocenters. The summed E-state index contributed by atoms with van der Waals surface area (Å²) in [5, 5.41) is 2.95. The van der Waals surface area contributed by atoms with Crippen LogP contribution < -0.4 is 5.32 Å². The second-order valence-corrected chi connectivity index (χ2v) is 7.28. The molecular weight excluding hydrogens is 342 g/mol. The van der Waals surface area contributed by atoms with Gasteiger partial charge in [0.1, 0.15) is 0 Å². The third-order valence-corrected chi connectivity index (χ3v) is 5.48. The van der Waals surface area contributed by atoms with Crippen molar-refractivity contribution in [3.8, 4) is 0 Å². The zero-order valence-electron chi connectivity index (χ0n) is 15.6. The molecule has 27 heavy (non-hydrogen) atoms. The molecule has 2 fully saturated rings. The Balaban J connectivity index is 1.49. The second-order valence-electron chi connectivity index (χ2n) is 7.28. The lowest BCUT2D eigenvalue weighted by Crippen LogP contribution is -2.49. The van der Waals surface area contributed by atoms with Crippen LogP contribution in [-0.4, -0.2) is 53.7 Å². The van der Waals surface area contributed by atoms with Gasteiger partial charge in [-0.2, -0.15) is 0 Å². The minimum atomic E-state index is -0.141. The molecule has 2 heterocycles. The Morgan fingerprint density at radius 2 is 1.67 bits per heavy atom. The number of carbonyl (C=O) groups is 3.